The number of rotatable bonds is 8. The lowest BCUT2D eigenvalue weighted by atomic mass is 10.0. The van der Waals surface area contributed by atoms with E-state index in [0.29, 0.717) is 12.0 Å². The van der Waals surface area contributed by atoms with Gasteiger partial charge in [0, 0.05) is 31.2 Å². The lowest BCUT2D eigenvalue weighted by molar-refractivity contribution is -0.119. The predicted octanol–water partition coefficient (Wildman–Crippen LogP) is 2.02. The molecule has 3 atom stereocenters. The first-order valence-corrected chi connectivity index (χ1v) is 7.96. The van der Waals surface area contributed by atoms with Gasteiger partial charge in [-0.15, -0.1) is 0 Å². The van der Waals surface area contributed by atoms with Gasteiger partial charge in [-0.25, -0.2) is 0 Å². The summed E-state index contributed by atoms with van der Waals surface area (Å²) in [5, 5.41) is 5.56. The standard InChI is InChI=1S/C15H26N2O3S/c1-7-13(16-11(5)18)8-14(17-12(6)19)10(4)21-15(20)9(2)3/h10,13-14H,2,7-8H2,1,3-6H3,(H,16,18)(H,17,19). The maximum atomic E-state index is 11.8. The third-order valence-corrected chi connectivity index (χ3v) is 4.30. The Labute approximate surface area is 131 Å². The van der Waals surface area contributed by atoms with E-state index in [1.807, 2.05) is 13.8 Å². The molecule has 0 spiro atoms. The van der Waals surface area contributed by atoms with Crippen molar-refractivity contribution in [3.63, 3.8) is 0 Å². The van der Waals surface area contributed by atoms with Crippen molar-refractivity contribution in [3.05, 3.63) is 12.2 Å². The van der Waals surface area contributed by atoms with Crippen LogP contribution < -0.4 is 10.6 Å². The average Bonchev–Trinajstić information content (AvgIpc) is 2.35. The van der Waals surface area contributed by atoms with Crippen molar-refractivity contribution in [2.24, 2.45) is 0 Å². The smallest absolute Gasteiger partial charge is 0.217 e. The molecule has 0 aliphatic carbocycles. The van der Waals surface area contributed by atoms with Gasteiger partial charge in [-0.1, -0.05) is 32.2 Å². The minimum absolute atomic E-state index is 0.0256. The third-order valence-electron chi connectivity index (χ3n) is 3.04. The Kier molecular flexibility index (Phi) is 9.01. The van der Waals surface area contributed by atoms with Gasteiger partial charge in [0.1, 0.15) is 0 Å². The van der Waals surface area contributed by atoms with E-state index in [9.17, 15) is 14.4 Å². The molecule has 0 aromatic rings. The summed E-state index contributed by atoms with van der Waals surface area (Å²) >= 11 is 1.16. The highest BCUT2D eigenvalue weighted by Gasteiger charge is 2.25. The molecule has 3 unspecified atom stereocenters. The zero-order valence-corrected chi connectivity index (χ0v) is 14.3. The Bertz CT molecular complexity index is 410. The van der Waals surface area contributed by atoms with Crippen LogP contribution in [0.2, 0.25) is 0 Å². The van der Waals surface area contributed by atoms with Gasteiger partial charge in [-0.05, 0) is 25.3 Å². The van der Waals surface area contributed by atoms with Crippen molar-refractivity contribution in [1.82, 2.24) is 10.6 Å². The van der Waals surface area contributed by atoms with E-state index in [1.165, 1.54) is 13.8 Å². The SMILES string of the molecule is C=C(C)C(=O)SC(C)C(CC(CC)NC(C)=O)NC(C)=O. The first kappa shape index (κ1) is 19.7. The number of hydrogen-bond donors (Lipinski definition) is 2. The van der Waals surface area contributed by atoms with Crippen LogP contribution in [-0.2, 0) is 14.4 Å². The van der Waals surface area contributed by atoms with Gasteiger partial charge in [0.05, 0.1) is 0 Å². The van der Waals surface area contributed by atoms with E-state index in [4.69, 9.17) is 0 Å². The van der Waals surface area contributed by atoms with Crippen molar-refractivity contribution in [3.8, 4) is 0 Å². The fourth-order valence-corrected chi connectivity index (χ4v) is 2.78. The molecule has 0 aliphatic heterocycles. The van der Waals surface area contributed by atoms with E-state index >= 15 is 0 Å². The molecular formula is C15H26N2O3S. The van der Waals surface area contributed by atoms with Gasteiger partial charge < -0.3 is 10.6 Å². The molecule has 0 aliphatic rings. The van der Waals surface area contributed by atoms with Crippen molar-refractivity contribution in [2.45, 2.75) is 64.8 Å². The van der Waals surface area contributed by atoms with Crippen LogP contribution in [0.25, 0.3) is 0 Å². The number of nitrogens with one attached hydrogen (secondary N) is 2. The second-order valence-corrected chi connectivity index (χ2v) is 6.59. The van der Waals surface area contributed by atoms with Crippen LogP contribution in [0.15, 0.2) is 12.2 Å². The van der Waals surface area contributed by atoms with E-state index in [2.05, 4.69) is 17.2 Å². The molecule has 0 radical (unpaired) electrons. The van der Waals surface area contributed by atoms with Crippen molar-refractivity contribution in [2.75, 3.05) is 0 Å². The van der Waals surface area contributed by atoms with Crippen LogP contribution in [-0.4, -0.2) is 34.3 Å². The summed E-state index contributed by atoms with van der Waals surface area (Å²) in [7, 11) is 0. The lowest BCUT2D eigenvalue weighted by Gasteiger charge is -2.28. The van der Waals surface area contributed by atoms with Crippen molar-refractivity contribution >= 4 is 28.7 Å². The molecule has 120 valence electrons. The Hall–Kier alpha value is -1.30. The molecule has 2 amide bonds. The molecule has 0 rings (SSSR count). The van der Waals surface area contributed by atoms with Crippen LogP contribution >= 0.6 is 11.8 Å². The molecular weight excluding hydrogens is 288 g/mol. The minimum atomic E-state index is -0.187. The molecule has 6 heteroatoms. The number of carbonyl (C=O) groups is 3. The molecule has 0 saturated carbocycles. The maximum absolute atomic E-state index is 11.8. The summed E-state index contributed by atoms with van der Waals surface area (Å²) < 4.78 is 0. The maximum Gasteiger partial charge on any atom is 0.217 e. The summed E-state index contributed by atoms with van der Waals surface area (Å²) in [6.07, 6.45) is 1.36. The van der Waals surface area contributed by atoms with Gasteiger partial charge >= 0.3 is 0 Å². The van der Waals surface area contributed by atoms with Gasteiger partial charge in [-0.2, -0.15) is 0 Å². The zero-order chi connectivity index (χ0) is 16.6. The molecule has 0 heterocycles. The van der Waals surface area contributed by atoms with Gasteiger partial charge in [0.15, 0.2) is 0 Å². The molecule has 0 aromatic heterocycles. The Morgan fingerprint density at radius 3 is 2.00 bits per heavy atom. The minimum Gasteiger partial charge on any atom is -0.354 e. The largest absolute Gasteiger partial charge is 0.354 e. The molecule has 0 bridgehead atoms. The average molecular weight is 314 g/mol. The van der Waals surface area contributed by atoms with Crippen LogP contribution in [0, 0.1) is 0 Å². The van der Waals surface area contributed by atoms with Crippen molar-refractivity contribution in [1.29, 1.82) is 0 Å². The molecule has 5 nitrogen and oxygen atoms in total. The first-order valence-electron chi connectivity index (χ1n) is 7.08. The Morgan fingerprint density at radius 2 is 1.62 bits per heavy atom. The lowest BCUT2D eigenvalue weighted by Crippen LogP contribution is -2.46. The fourth-order valence-electron chi connectivity index (χ4n) is 1.90. The summed E-state index contributed by atoms with van der Waals surface area (Å²) in [6.45, 7) is 12.1. The molecule has 0 saturated heterocycles. The molecule has 21 heavy (non-hydrogen) atoms. The van der Waals surface area contributed by atoms with E-state index < -0.39 is 0 Å². The summed E-state index contributed by atoms with van der Waals surface area (Å²) in [5.41, 5.74) is 0.488. The number of hydrogen-bond acceptors (Lipinski definition) is 4. The number of amides is 2. The predicted molar refractivity (Wildman–Crippen MR) is 87.0 cm³/mol. The van der Waals surface area contributed by atoms with Crippen LogP contribution in [0.3, 0.4) is 0 Å². The fraction of sp³-hybridized carbons (Fsp3) is 0.667. The van der Waals surface area contributed by atoms with Crippen LogP contribution in [0.1, 0.15) is 47.5 Å². The third kappa shape index (κ3) is 8.55. The quantitative estimate of drug-likeness (QED) is 0.672. The molecule has 0 aromatic carbocycles. The highest BCUT2D eigenvalue weighted by atomic mass is 32.2. The highest BCUT2D eigenvalue weighted by Crippen LogP contribution is 2.22. The highest BCUT2D eigenvalue weighted by molar-refractivity contribution is 8.14. The van der Waals surface area contributed by atoms with Crippen LogP contribution in [0.4, 0.5) is 0 Å². The second kappa shape index (κ2) is 9.60. The Morgan fingerprint density at radius 1 is 1.10 bits per heavy atom. The molecule has 2 N–H and O–H groups in total. The van der Waals surface area contributed by atoms with E-state index in [-0.39, 0.29) is 34.3 Å². The van der Waals surface area contributed by atoms with Gasteiger partial charge in [0.25, 0.3) is 0 Å². The summed E-state index contributed by atoms with van der Waals surface area (Å²) in [4.78, 5) is 34.3. The topological polar surface area (TPSA) is 75.3 Å². The van der Waals surface area contributed by atoms with Gasteiger partial charge in [0.2, 0.25) is 16.9 Å². The summed E-state index contributed by atoms with van der Waals surface area (Å²) in [6, 6.07) is -0.213. The first-order chi connectivity index (χ1) is 9.67. The second-order valence-electron chi connectivity index (χ2n) is 5.24. The monoisotopic (exact) mass is 314 g/mol. The normalized spacial score (nSPS) is 14.7. The zero-order valence-electron chi connectivity index (χ0n) is 13.5. The van der Waals surface area contributed by atoms with E-state index in [1.54, 1.807) is 6.92 Å². The number of carbonyl (C=O) groups excluding carboxylic acids is 3. The summed E-state index contributed by atoms with van der Waals surface area (Å²) in [5.74, 6) is -0.241. The Balaban J connectivity index is 4.83. The van der Waals surface area contributed by atoms with Gasteiger partial charge in [-0.3, -0.25) is 14.4 Å². The molecule has 0 fully saturated rings. The van der Waals surface area contributed by atoms with E-state index in [0.717, 1.165) is 18.2 Å². The van der Waals surface area contributed by atoms with Crippen LogP contribution in [0.5, 0.6) is 0 Å². The number of thioether (sulfide) groups is 1. The van der Waals surface area contributed by atoms with Crippen molar-refractivity contribution < 1.29 is 14.4 Å².